The van der Waals surface area contributed by atoms with Gasteiger partial charge in [0.2, 0.25) is 0 Å². The minimum atomic E-state index is 0.109. The highest BCUT2D eigenvalue weighted by Gasteiger charge is 2.49. The lowest BCUT2D eigenvalue weighted by Crippen LogP contribution is -2.35. The molecule has 2 unspecified atom stereocenters. The van der Waals surface area contributed by atoms with Gasteiger partial charge in [-0.3, -0.25) is 0 Å². The van der Waals surface area contributed by atoms with E-state index in [-0.39, 0.29) is 5.41 Å². The van der Waals surface area contributed by atoms with Gasteiger partial charge in [-0.05, 0) is 37.5 Å². The van der Waals surface area contributed by atoms with Crippen molar-refractivity contribution in [2.45, 2.75) is 45.4 Å². The van der Waals surface area contributed by atoms with Crippen molar-refractivity contribution in [3.05, 3.63) is 0 Å². The lowest BCUT2D eigenvalue weighted by atomic mass is 9.65. The lowest BCUT2D eigenvalue weighted by Gasteiger charge is -2.38. The van der Waals surface area contributed by atoms with Crippen LogP contribution in [0.3, 0.4) is 0 Å². The maximum atomic E-state index is 11.2. The van der Waals surface area contributed by atoms with E-state index >= 15 is 0 Å². The SMILES string of the molecule is CC1CCCCC1(C=O)C1CC1. The third-order valence-electron chi connectivity index (χ3n) is 3.97. The van der Waals surface area contributed by atoms with E-state index in [1.807, 2.05) is 0 Å². The van der Waals surface area contributed by atoms with Gasteiger partial charge in [0.25, 0.3) is 0 Å². The van der Waals surface area contributed by atoms with Crippen LogP contribution in [0.4, 0.5) is 0 Å². The van der Waals surface area contributed by atoms with Crippen LogP contribution in [0.1, 0.15) is 45.4 Å². The maximum absolute atomic E-state index is 11.2. The molecule has 0 N–H and O–H groups in total. The summed E-state index contributed by atoms with van der Waals surface area (Å²) >= 11 is 0. The van der Waals surface area contributed by atoms with Gasteiger partial charge in [-0.2, -0.15) is 0 Å². The highest BCUT2D eigenvalue weighted by Crippen LogP contribution is 2.54. The van der Waals surface area contributed by atoms with E-state index in [2.05, 4.69) is 6.92 Å². The summed E-state index contributed by atoms with van der Waals surface area (Å²) in [6.07, 6.45) is 8.96. The van der Waals surface area contributed by atoms with Crippen LogP contribution in [-0.4, -0.2) is 6.29 Å². The summed E-state index contributed by atoms with van der Waals surface area (Å²) < 4.78 is 0. The van der Waals surface area contributed by atoms with Crippen LogP contribution in [0.5, 0.6) is 0 Å². The molecule has 12 heavy (non-hydrogen) atoms. The minimum absolute atomic E-state index is 0.109. The smallest absolute Gasteiger partial charge is 0.126 e. The number of carbonyl (C=O) groups excluding carboxylic acids is 1. The van der Waals surface area contributed by atoms with Crippen molar-refractivity contribution >= 4 is 6.29 Å². The molecule has 0 amide bonds. The van der Waals surface area contributed by atoms with Gasteiger partial charge >= 0.3 is 0 Å². The van der Waals surface area contributed by atoms with Crippen LogP contribution < -0.4 is 0 Å². The first-order chi connectivity index (χ1) is 5.79. The summed E-state index contributed by atoms with van der Waals surface area (Å²) in [5.74, 6) is 1.40. The highest BCUT2D eigenvalue weighted by atomic mass is 16.1. The topological polar surface area (TPSA) is 17.1 Å². The van der Waals surface area contributed by atoms with Crippen LogP contribution in [0.2, 0.25) is 0 Å². The second-order valence-corrected chi connectivity index (χ2v) is 4.65. The molecule has 2 aliphatic rings. The van der Waals surface area contributed by atoms with Crippen molar-refractivity contribution < 1.29 is 4.79 Å². The third kappa shape index (κ3) is 1.10. The summed E-state index contributed by atoms with van der Waals surface area (Å²) in [5, 5.41) is 0. The molecule has 0 heterocycles. The molecular weight excluding hydrogens is 148 g/mol. The van der Waals surface area contributed by atoms with Crippen LogP contribution in [-0.2, 0) is 4.79 Å². The summed E-state index contributed by atoms with van der Waals surface area (Å²) in [7, 11) is 0. The third-order valence-corrected chi connectivity index (χ3v) is 3.97. The molecule has 0 saturated heterocycles. The van der Waals surface area contributed by atoms with E-state index in [0.717, 1.165) is 5.92 Å². The zero-order valence-electron chi connectivity index (χ0n) is 7.88. The maximum Gasteiger partial charge on any atom is 0.126 e. The molecule has 2 fully saturated rings. The molecule has 68 valence electrons. The average Bonchev–Trinajstić information content (AvgIpc) is 2.89. The van der Waals surface area contributed by atoms with Gasteiger partial charge in [-0.1, -0.05) is 19.8 Å². The monoisotopic (exact) mass is 166 g/mol. The van der Waals surface area contributed by atoms with Crippen molar-refractivity contribution in [3.8, 4) is 0 Å². The Morgan fingerprint density at radius 3 is 2.50 bits per heavy atom. The first kappa shape index (κ1) is 8.28. The fraction of sp³-hybridized carbons (Fsp3) is 0.909. The molecule has 0 bridgehead atoms. The first-order valence-corrected chi connectivity index (χ1v) is 5.26. The van der Waals surface area contributed by atoms with E-state index in [1.54, 1.807) is 0 Å². The average molecular weight is 166 g/mol. The van der Waals surface area contributed by atoms with E-state index < -0.39 is 0 Å². The number of hydrogen-bond acceptors (Lipinski definition) is 1. The van der Waals surface area contributed by atoms with Crippen LogP contribution >= 0.6 is 0 Å². The molecule has 0 aromatic rings. The van der Waals surface area contributed by atoms with Crippen molar-refractivity contribution in [1.29, 1.82) is 0 Å². The van der Waals surface area contributed by atoms with E-state index in [1.165, 1.54) is 44.8 Å². The minimum Gasteiger partial charge on any atom is -0.303 e. The molecule has 2 aliphatic carbocycles. The van der Waals surface area contributed by atoms with Crippen molar-refractivity contribution in [3.63, 3.8) is 0 Å². The summed E-state index contributed by atoms with van der Waals surface area (Å²) in [5.41, 5.74) is 0.109. The molecule has 0 aliphatic heterocycles. The van der Waals surface area contributed by atoms with Crippen LogP contribution in [0.25, 0.3) is 0 Å². The zero-order valence-corrected chi connectivity index (χ0v) is 7.88. The summed E-state index contributed by atoms with van der Waals surface area (Å²) in [4.78, 5) is 11.2. The second kappa shape index (κ2) is 2.86. The molecule has 0 aromatic carbocycles. The van der Waals surface area contributed by atoms with Gasteiger partial charge < -0.3 is 4.79 Å². The van der Waals surface area contributed by atoms with Gasteiger partial charge in [0.15, 0.2) is 0 Å². The molecule has 2 atom stereocenters. The molecule has 0 radical (unpaired) electrons. The second-order valence-electron chi connectivity index (χ2n) is 4.65. The van der Waals surface area contributed by atoms with Gasteiger partial charge in [0.1, 0.15) is 6.29 Å². The number of rotatable bonds is 2. The van der Waals surface area contributed by atoms with E-state index in [4.69, 9.17) is 0 Å². The molecule has 0 aromatic heterocycles. The fourth-order valence-corrected chi connectivity index (χ4v) is 2.90. The normalized spacial score (nSPS) is 42.6. The quantitative estimate of drug-likeness (QED) is 0.576. The molecule has 2 saturated carbocycles. The fourth-order valence-electron chi connectivity index (χ4n) is 2.90. The predicted octanol–water partition coefficient (Wildman–Crippen LogP) is 2.79. The van der Waals surface area contributed by atoms with Gasteiger partial charge in [0.05, 0.1) is 0 Å². The standard InChI is InChI=1S/C11H18O/c1-9-4-2-3-7-11(9,8-12)10-5-6-10/h8-10H,2-7H2,1H3. The Labute approximate surface area is 74.5 Å². The Kier molecular flexibility index (Phi) is 1.97. The zero-order chi connectivity index (χ0) is 8.60. The van der Waals surface area contributed by atoms with Crippen LogP contribution in [0.15, 0.2) is 0 Å². The molecule has 1 nitrogen and oxygen atoms in total. The van der Waals surface area contributed by atoms with Crippen molar-refractivity contribution in [2.75, 3.05) is 0 Å². The Morgan fingerprint density at radius 2 is 2.00 bits per heavy atom. The Balaban J connectivity index is 2.16. The van der Waals surface area contributed by atoms with Crippen molar-refractivity contribution in [2.24, 2.45) is 17.3 Å². The molecule has 1 heteroatoms. The lowest BCUT2D eigenvalue weighted by molar-refractivity contribution is -0.122. The van der Waals surface area contributed by atoms with Crippen LogP contribution in [0, 0.1) is 17.3 Å². The van der Waals surface area contributed by atoms with Gasteiger partial charge in [-0.25, -0.2) is 0 Å². The molecular formula is C11H18O. The number of aldehydes is 1. The summed E-state index contributed by atoms with van der Waals surface area (Å²) in [6.45, 7) is 2.27. The van der Waals surface area contributed by atoms with E-state index in [0.29, 0.717) is 5.92 Å². The highest BCUT2D eigenvalue weighted by molar-refractivity contribution is 5.61. The first-order valence-electron chi connectivity index (χ1n) is 5.26. The van der Waals surface area contributed by atoms with E-state index in [9.17, 15) is 4.79 Å². The largest absolute Gasteiger partial charge is 0.303 e. The van der Waals surface area contributed by atoms with Gasteiger partial charge in [-0.15, -0.1) is 0 Å². The van der Waals surface area contributed by atoms with Gasteiger partial charge in [0, 0.05) is 5.41 Å². The summed E-state index contributed by atoms with van der Waals surface area (Å²) in [6, 6.07) is 0. The number of hydrogen-bond donors (Lipinski definition) is 0. The molecule has 2 rings (SSSR count). The Bertz CT molecular complexity index is 183. The number of carbonyl (C=O) groups is 1. The predicted molar refractivity (Wildman–Crippen MR) is 48.9 cm³/mol. The Hall–Kier alpha value is -0.330. The Morgan fingerprint density at radius 1 is 1.25 bits per heavy atom. The molecule has 0 spiro atoms. The van der Waals surface area contributed by atoms with Crippen molar-refractivity contribution in [1.82, 2.24) is 0 Å².